The Bertz CT molecular complexity index is 906. The van der Waals surface area contributed by atoms with Crippen LogP contribution in [0.2, 0.25) is 0 Å². The molecule has 21 heavy (non-hydrogen) atoms. The van der Waals surface area contributed by atoms with Crippen LogP contribution in [0.1, 0.15) is 0 Å². The van der Waals surface area contributed by atoms with Gasteiger partial charge in [-0.15, -0.1) is 0 Å². The molecule has 0 atom stereocenters. The Labute approximate surface area is 146 Å². The number of nitrogen functional groups attached to an aromatic ring is 2. The van der Waals surface area contributed by atoms with Gasteiger partial charge in [0.1, 0.15) is 12.4 Å². The van der Waals surface area contributed by atoms with E-state index < -0.39 is 5.97 Å². The first-order chi connectivity index (χ1) is 9.90. The molecule has 7 nitrogen and oxygen atoms in total. The number of nitrogens with zero attached hydrogens (tertiary/aromatic N) is 3. The summed E-state index contributed by atoms with van der Waals surface area (Å²) in [6.07, 6.45) is 1.73. The van der Waals surface area contributed by atoms with Crippen molar-refractivity contribution >= 4 is 84.7 Å². The van der Waals surface area contributed by atoms with E-state index in [1.807, 2.05) is 6.07 Å². The fourth-order valence-corrected chi connectivity index (χ4v) is 3.83. The van der Waals surface area contributed by atoms with E-state index in [-0.39, 0.29) is 12.5 Å². The van der Waals surface area contributed by atoms with Crippen molar-refractivity contribution in [3.05, 3.63) is 19.4 Å². The number of benzene rings is 1. The Hall–Kier alpha value is -1.37. The van der Waals surface area contributed by atoms with Gasteiger partial charge in [-0.1, -0.05) is 0 Å². The molecule has 0 aliphatic rings. The van der Waals surface area contributed by atoms with E-state index in [9.17, 15) is 4.79 Å². The van der Waals surface area contributed by atoms with E-state index in [0.717, 1.165) is 18.0 Å². The van der Waals surface area contributed by atoms with Crippen molar-refractivity contribution in [3.8, 4) is 0 Å². The van der Waals surface area contributed by atoms with Gasteiger partial charge in [0.25, 0.3) is 0 Å². The second kappa shape index (κ2) is 5.12. The normalized spacial score (nSPS) is 11.3. The maximum Gasteiger partial charge on any atom is 0.323 e. The second-order valence-electron chi connectivity index (χ2n) is 4.42. The van der Waals surface area contributed by atoms with E-state index in [2.05, 4.69) is 55.1 Å². The third-order valence-corrected chi connectivity index (χ3v) is 6.23. The molecule has 9 heteroatoms. The van der Waals surface area contributed by atoms with Crippen LogP contribution in [0.3, 0.4) is 0 Å². The van der Waals surface area contributed by atoms with Gasteiger partial charge in [0.2, 0.25) is 5.95 Å². The van der Waals surface area contributed by atoms with Crippen LogP contribution < -0.4 is 11.5 Å². The minimum atomic E-state index is -0.903. The predicted molar refractivity (Wildman–Crippen MR) is 96.9 cm³/mol. The molecule has 3 rings (SSSR count). The van der Waals surface area contributed by atoms with Crippen LogP contribution in [0.4, 0.5) is 11.8 Å². The number of rotatable bonds is 2. The summed E-state index contributed by atoms with van der Waals surface area (Å²) < 4.78 is 3.47. The molecule has 0 aliphatic carbocycles. The highest BCUT2D eigenvalue weighted by Crippen LogP contribution is 2.36. The van der Waals surface area contributed by atoms with Crippen molar-refractivity contribution in [2.45, 2.75) is 6.54 Å². The molecule has 108 valence electrons. The van der Waals surface area contributed by atoms with E-state index >= 15 is 0 Å². The number of halogens is 2. The van der Waals surface area contributed by atoms with Crippen molar-refractivity contribution in [1.82, 2.24) is 14.5 Å². The molecule has 0 saturated carbocycles. The molecule has 2 aromatic heterocycles. The Morgan fingerprint density at radius 1 is 1.29 bits per heavy atom. The van der Waals surface area contributed by atoms with Crippen molar-refractivity contribution in [2.24, 2.45) is 0 Å². The van der Waals surface area contributed by atoms with Crippen molar-refractivity contribution in [2.75, 3.05) is 11.5 Å². The molecule has 3 aromatic rings. The topological polar surface area (TPSA) is 120 Å². The van der Waals surface area contributed by atoms with Gasteiger partial charge in [-0.05, 0) is 51.2 Å². The lowest BCUT2D eigenvalue weighted by molar-refractivity contribution is -0.137. The molecule has 0 unspecified atom stereocenters. The zero-order valence-electron chi connectivity index (χ0n) is 10.5. The summed E-state index contributed by atoms with van der Waals surface area (Å²) in [5, 5.41) is 10.5. The van der Waals surface area contributed by atoms with Gasteiger partial charge in [0.05, 0.1) is 23.6 Å². The summed E-state index contributed by atoms with van der Waals surface area (Å²) in [6, 6.07) is 1.83. The first-order valence-electron chi connectivity index (χ1n) is 5.80. The van der Waals surface area contributed by atoms with Crippen molar-refractivity contribution < 1.29 is 9.90 Å². The van der Waals surface area contributed by atoms with Crippen LogP contribution in [0.5, 0.6) is 0 Å². The Morgan fingerprint density at radius 2 is 2.00 bits per heavy atom. The van der Waals surface area contributed by atoms with Gasteiger partial charge < -0.3 is 21.1 Å². The van der Waals surface area contributed by atoms with Crippen LogP contribution in [0, 0.1) is 7.14 Å². The Morgan fingerprint density at radius 3 is 2.67 bits per heavy atom. The predicted octanol–water partition coefficient (Wildman–Crippen LogP) is 2.04. The summed E-state index contributed by atoms with van der Waals surface area (Å²) in [5.41, 5.74) is 13.2. The highest BCUT2D eigenvalue weighted by Gasteiger charge is 2.19. The molecular formula is C12H9I2N5O2. The Kier molecular flexibility index (Phi) is 3.55. The highest BCUT2D eigenvalue weighted by atomic mass is 127. The molecular weight excluding hydrogens is 500 g/mol. The lowest BCUT2D eigenvalue weighted by atomic mass is 10.1. The number of nitrogens with two attached hydrogens (primary N) is 2. The zero-order valence-corrected chi connectivity index (χ0v) is 14.8. The number of carboxylic acid groups (broad SMARTS) is 1. The molecule has 1 aromatic carbocycles. The lowest BCUT2D eigenvalue weighted by Crippen LogP contribution is -2.09. The Balaban J connectivity index is 2.51. The number of hydrogen-bond acceptors (Lipinski definition) is 5. The maximum atomic E-state index is 11.0. The maximum absolute atomic E-state index is 11.0. The summed E-state index contributed by atoms with van der Waals surface area (Å²) in [5.74, 6) is -0.483. The molecule has 0 aliphatic heterocycles. The first-order valence-corrected chi connectivity index (χ1v) is 7.96. The first kappa shape index (κ1) is 14.6. The molecule has 0 radical (unpaired) electrons. The SMILES string of the molecule is Nc1nc(N)c2c(n1)c(I)c(I)c1c2ccn1CC(=O)O. The summed E-state index contributed by atoms with van der Waals surface area (Å²) in [7, 11) is 0. The molecule has 2 heterocycles. The number of aliphatic carboxylic acids is 1. The number of fused-ring (bicyclic) bond motifs is 3. The summed E-state index contributed by atoms with van der Waals surface area (Å²) in [4.78, 5) is 19.3. The van der Waals surface area contributed by atoms with Crippen LogP contribution in [-0.2, 0) is 11.3 Å². The van der Waals surface area contributed by atoms with Gasteiger partial charge in [0, 0.05) is 11.6 Å². The number of hydrogen-bond donors (Lipinski definition) is 3. The number of anilines is 2. The number of carboxylic acids is 1. The molecule has 0 fully saturated rings. The van der Waals surface area contributed by atoms with Crippen molar-refractivity contribution in [3.63, 3.8) is 0 Å². The lowest BCUT2D eigenvalue weighted by Gasteiger charge is -2.10. The molecule has 0 bridgehead atoms. The van der Waals surface area contributed by atoms with Gasteiger partial charge >= 0.3 is 5.97 Å². The van der Waals surface area contributed by atoms with Gasteiger partial charge in [-0.2, -0.15) is 4.98 Å². The average molecular weight is 509 g/mol. The second-order valence-corrected chi connectivity index (χ2v) is 6.58. The van der Waals surface area contributed by atoms with Gasteiger partial charge in [-0.3, -0.25) is 4.79 Å². The van der Waals surface area contributed by atoms with Crippen molar-refractivity contribution in [1.29, 1.82) is 0 Å². The minimum absolute atomic E-state index is 0.114. The van der Waals surface area contributed by atoms with Crippen LogP contribution in [0.25, 0.3) is 21.8 Å². The minimum Gasteiger partial charge on any atom is -0.480 e. The van der Waals surface area contributed by atoms with E-state index in [0.29, 0.717) is 16.7 Å². The van der Waals surface area contributed by atoms with Crippen LogP contribution in [-0.4, -0.2) is 25.6 Å². The van der Waals surface area contributed by atoms with Crippen LogP contribution >= 0.6 is 45.2 Å². The third-order valence-electron chi connectivity index (χ3n) is 3.10. The van der Waals surface area contributed by atoms with Gasteiger partial charge in [-0.25, -0.2) is 4.98 Å². The molecule has 0 saturated heterocycles. The standard InChI is InChI=1S/C12H9I2N5O2/c13-7-8(14)10-4(1-2-19(10)3-5(20)21)6-9(7)17-12(16)18-11(6)15/h1-2H,3H2,(H,20,21)(H4,15,16,17,18). The smallest absolute Gasteiger partial charge is 0.323 e. The van der Waals surface area contributed by atoms with E-state index in [1.54, 1.807) is 10.8 Å². The third kappa shape index (κ3) is 2.27. The van der Waals surface area contributed by atoms with Gasteiger partial charge in [0.15, 0.2) is 0 Å². The monoisotopic (exact) mass is 509 g/mol. The van der Waals surface area contributed by atoms with Crippen LogP contribution in [0.15, 0.2) is 12.3 Å². The fourth-order valence-electron chi connectivity index (χ4n) is 2.32. The highest BCUT2D eigenvalue weighted by molar-refractivity contribution is 14.1. The number of aromatic nitrogens is 3. The zero-order chi connectivity index (χ0) is 15.3. The molecule has 0 spiro atoms. The summed E-state index contributed by atoms with van der Waals surface area (Å²) in [6.45, 7) is -0.114. The molecule has 0 amide bonds. The quantitative estimate of drug-likeness (QED) is 0.456. The largest absolute Gasteiger partial charge is 0.480 e. The average Bonchev–Trinajstić information content (AvgIpc) is 2.78. The van der Waals surface area contributed by atoms with E-state index in [1.165, 1.54) is 0 Å². The van der Waals surface area contributed by atoms with E-state index in [4.69, 9.17) is 16.6 Å². The summed E-state index contributed by atoms with van der Waals surface area (Å²) >= 11 is 4.34. The number of carbonyl (C=O) groups is 1. The fraction of sp³-hybridized carbons (Fsp3) is 0.0833. The molecule has 5 N–H and O–H groups in total.